The van der Waals surface area contributed by atoms with E-state index in [0.29, 0.717) is 5.57 Å². The van der Waals surface area contributed by atoms with Gasteiger partial charge in [0.2, 0.25) is 0 Å². The molecular formula is C19H24N6O7S2. The molecule has 2 amide bonds. The Bertz CT molecular complexity index is 1080. The molecule has 4 heterocycles. The molecule has 0 aromatic carbocycles. The van der Waals surface area contributed by atoms with Gasteiger partial charge >= 0.3 is 0 Å². The van der Waals surface area contributed by atoms with E-state index in [2.05, 4.69) is 15.5 Å². The number of likely N-dealkylation sites (N-methyl/N-ethyl adjacent to an activating group) is 1. The molecule has 15 heteroatoms. The van der Waals surface area contributed by atoms with Crippen LogP contribution in [0, 0.1) is 0 Å². The fourth-order valence-corrected chi connectivity index (χ4v) is 6.39. The maximum Gasteiger partial charge on any atom is 0.276 e. The maximum absolute atomic E-state index is 12.9. The van der Waals surface area contributed by atoms with Crippen molar-refractivity contribution >= 4 is 51.7 Å². The van der Waals surface area contributed by atoms with Gasteiger partial charge in [-0.25, -0.2) is 4.98 Å². The van der Waals surface area contributed by atoms with Crippen molar-refractivity contribution in [1.29, 1.82) is 0 Å². The fraction of sp³-hybridized carbons (Fsp3) is 0.526. The molecule has 13 nitrogen and oxygen atoms in total. The van der Waals surface area contributed by atoms with E-state index in [1.807, 2.05) is 0 Å². The van der Waals surface area contributed by atoms with Crippen molar-refractivity contribution in [3.8, 4) is 0 Å². The number of thioether (sulfide) groups is 1. The van der Waals surface area contributed by atoms with Crippen molar-refractivity contribution in [3.05, 3.63) is 22.3 Å². The number of hydrogen-bond donors (Lipinski definition) is 4. The van der Waals surface area contributed by atoms with Crippen molar-refractivity contribution in [3.63, 3.8) is 0 Å². The van der Waals surface area contributed by atoms with Crippen LogP contribution in [0.15, 0.2) is 21.8 Å². The summed E-state index contributed by atoms with van der Waals surface area (Å²) in [5.41, 5.74) is 5.89. The number of carbonyl (C=O) groups excluding carboxylic acids is 3. The van der Waals surface area contributed by atoms with Gasteiger partial charge < -0.3 is 40.5 Å². The third kappa shape index (κ3) is 4.36. The summed E-state index contributed by atoms with van der Waals surface area (Å²) in [6.07, 6.45) is -1.80. The number of likely N-dealkylation sites (tertiary alicyclic amines) is 1. The number of aromatic nitrogens is 1. The lowest BCUT2D eigenvalue weighted by molar-refractivity contribution is -0.895. The highest BCUT2D eigenvalue weighted by molar-refractivity contribution is 8.00. The number of fused-ring (bicyclic) bond motifs is 1. The minimum atomic E-state index is -1.50. The van der Waals surface area contributed by atoms with Gasteiger partial charge in [0.1, 0.15) is 56.1 Å². The molecule has 2 saturated heterocycles. The molecule has 34 heavy (non-hydrogen) atoms. The summed E-state index contributed by atoms with van der Waals surface area (Å²) >= 11 is 2.42. The number of nitrogens with two attached hydrogens (primary N) is 1. The van der Waals surface area contributed by atoms with Crippen molar-refractivity contribution in [2.45, 2.75) is 23.6 Å². The smallest absolute Gasteiger partial charge is 0.276 e. The summed E-state index contributed by atoms with van der Waals surface area (Å²) in [7, 11) is 3.06. The first kappa shape index (κ1) is 24.4. The number of β-lactam (4-membered cyclic amide) rings is 1. The van der Waals surface area contributed by atoms with Gasteiger partial charge in [-0.2, -0.15) is 0 Å². The van der Waals surface area contributed by atoms with Gasteiger partial charge in [-0.3, -0.25) is 14.5 Å². The van der Waals surface area contributed by atoms with E-state index in [1.165, 1.54) is 24.3 Å². The monoisotopic (exact) mass is 512 g/mol. The Morgan fingerprint density at radius 3 is 2.65 bits per heavy atom. The molecule has 3 aliphatic heterocycles. The normalized spacial score (nSPS) is 31.2. The van der Waals surface area contributed by atoms with Gasteiger partial charge in [0.05, 0.1) is 18.7 Å². The topological polar surface area (TPSA) is 190 Å². The number of anilines is 1. The summed E-state index contributed by atoms with van der Waals surface area (Å²) in [4.78, 5) is 47.6. The molecule has 0 bridgehead atoms. The second-order valence-corrected chi connectivity index (χ2v) is 10.6. The Balaban J connectivity index is 1.52. The van der Waals surface area contributed by atoms with Crippen LogP contribution in [0.3, 0.4) is 0 Å². The first-order valence-electron chi connectivity index (χ1n) is 10.3. The highest BCUT2D eigenvalue weighted by atomic mass is 32.2. The third-order valence-corrected chi connectivity index (χ3v) is 7.98. The molecule has 1 unspecified atom stereocenters. The van der Waals surface area contributed by atoms with E-state index in [-0.39, 0.29) is 52.1 Å². The van der Waals surface area contributed by atoms with Crippen LogP contribution in [0.4, 0.5) is 5.13 Å². The number of carboxylic acid groups (broad SMARTS) is 1. The number of hydrogen-bond acceptors (Lipinski definition) is 12. The Kier molecular flexibility index (Phi) is 6.56. The van der Waals surface area contributed by atoms with Crippen molar-refractivity contribution < 1.29 is 39.0 Å². The molecule has 5 atom stereocenters. The van der Waals surface area contributed by atoms with Crippen LogP contribution < -0.4 is 16.2 Å². The largest absolute Gasteiger partial charge is 0.543 e. The number of nitrogens with one attached hydrogen (secondary N) is 1. The minimum absolute atomic E-state index is 0.164. The molecule has 1 aromatic heterocycles. The quantitative estimate of drug-likeness (QED) is 0.124. The number of amides is 2. The second-order valence-electron chi connectivity index (χ2n) is 8.57. The average molecular weight is 513 g/mol. The SMILES string of the molecule is CO/N=C(\C(=O)N[C@@H]1C(=O)N2C(C(=O)[O-])=C(C[N+]3(C)C[C@@H](O)[C@@H](O)C3)CS[C@H]12)c1csc(N)n1. The van der Waals surface area contributed by atoms with Gasteiger partial charge in [0, 0.05) is 16.7 Å². The predicted molar refractivity (Wildman–Crippen MR) is 120 cm³/mol. The van der Waals surface area contributed by atoms with Crippen LogP contribution in [-0.4, -0.2) is 111 Å². The summed E-state index contributed by atoms with van der Waals surface area (Å²) < 4.78 is 0.232. The molecule has 5 N–H and O–H groups in total. The number of aliphatic carboxylic acids is 1. The molecule has 0 radical (unpaired) electrons. The van der Waals surface area contributed by atoms with E-state index in [1.54, 1.807) is 7.05 Å². The molecule has 184 valence electrons. The van der Waals surface area contributed by atoms with Crippen molar-refractivity contribution in [2.75, 3.05) is 45.3 Å². The number of nitrogen functional groups attached to an aromatic ring is 1. The number of quaternary nitrogens is 1. The Labute approximate surface area is 202 Å². The number of rotatable bonds is 7. The standard InChI is InChI=1S/C19H24N6O7S2/c1-25(4-10(26)11(27)5-25)3-8-6-33-17-13(16(29)24(17)14(8)18(30)31)22-15(28)12(23-32-2)9-7-34-19(20)21-9/h7,10-11,13,17,26-27H,3-6H2,1-2H3,(H3-,20,21,22,28,30,31)/b23-12-/t10-,11+,13-,17-,25?/m1/s1. The molecule has 4 rings (SSSR count). The molecule has 0 aliphatic carbocycles. The number of carboxylic acids is 1. The molecule has 3 aliphatic rings. The molecule has 0 saturated carbocycles. The van der Waals surface area contributed by atoms with Crippen LogP contribution in [0.2, 0.25) is 0 Å². The van der Waals surface area contributed by atoms with E-state index in [0.717, 1.165) is 16.2 Å². The van der Waals surface area contributed by atoms with Gasteiger partial charge in [-0.15, -0.1) is 23.1 Å². The summed E-state index contributed by atoms with van der Waals surface area (Å²) in [6, 6.07) is -0.980. The van der Waals surface area contributed by atoms with Crippen LogP contribution in [0.1, 0.15) is 5.69 Å². The number of oxime groups is 1. The van der Waals surface area contributed by atoms with E-state index in [9.17, 15) is 29.7 Å². The lowest BCUT2D eigenvalue weighted by atomic mass is 10.0. The van der Waals surface area contributed by atoms with Crippen molar-refractivity contribution in [1.82, 2.24) is 15.2 Å². The van der Waals surface area contributed by atoms with Crippen LogP contribution in [0.5, 0.6) is 0 Å². The number of aliphatic hydroxyl groups is 2. The Morgan fingerprint density at radius 2 is 2.09 bits per heavy atom. The fourth-order valence-electron chi connectivity index (χ4n) is 4.51. The zero-order valence-electron chi connectivity index (χ0n) is 18.3. The van der Waals surface area contributed by atoms with Crippen LogP contribution >= 0.6 is 23.1 Å². The number of thiazole rings is 1. The average Bonchev–Trinajstić information content (AvgIpc) is 3.30. The van der Waals surface area contributed by atoms with Crippen molar-refractivity contribution in [2.24, 2.45) is 5.16 Å². The lowest BCUT2D eigenvalue weighted by Gasteiger charge is -2.51. The van der Waals surface area contributed by atoms with E-state index >= 15 is 0 Å². The third-order valence-electron chi connectivity index (χ3n) is 5.96. The van der Waals surface area contributed by atoms with E-state index in [4.69, 9.17) is 10.6 Å². The molecule has 1 aromatic rings. The molecule has 2 fully saturated rings. The van der Waals surface area contributed by atoms with Gasteiger partial charge in [0.15, 0.2) is 10.8 Å². The first-order chi connectivity index (χ1) is 16.0. The highest BCUT2D eigenvalue weighted by Crippen LogP contribution is 2.41. The summed E-state index contributed by atoms with van der Waals surface area (Å²) in [6.45, 7) is 0.747. The maximum atomic E-state index is 12.9. The zero-order chi connectivity index (χ0) is 24.8. The van der Waals surface area contributed by atoms with Crippen LogP contribution in [0.25, 0.3) is 0 Å². The molecular weight excluding hydrogens is 488 g/mol. The predicted octanol–water partition coefficient (Wildman–Crippen LogP) is -3.34. The summed E-state index contributed by atoms with van der Waals surface area (Å²) in [5.74, 6) is -2.52. The van der Waals surface area contributed by atoms with Crippen LogP contribution in [-0.2, 0) is 19.2 Å². The number of nitrogens with zero attached hydrogens (tertiary/aromatic N) is 4. The zero-order valence-corrected chi connectivity index (χ0v) is 20.0. The summed E-state index contributed by atoms with van der Waals surface area (Å²) in [5, 5.41) is 39.2. The number of aliphatic hydroxyl groups excluding tert-OH is 2. The van der Waals surface area contributed by atoms with Gasteiger partial charge in [-0.05, 0) is 0 Å². The Morgan fingerprint density at radius 1 is 1.41 bits per heavy atom. The Hall–Kier alpha value is -2.72. The highest BCUT2D eigenvalue weighted by Gasteiger charge is 2.54. The minimum Gasteiger partial charge on any atom is -0.543 e. The lowest BCUT2D eigenvalue weighted by Crippen LogP contribution is -2.71. The number of carbonyl (C=O) groups is 3. The van der Waals surface area contributed by atoms with Gasteiger partial charge in [-0.1, -0.05) is 5.16 Å². The first-order valence-corrected chi connectivity index (χ1v) is 12.2. The van der Waals surface area contributed by atoms with Gasteiger partial charge in [0.25, 0.3) is 11.8 Å². The molecule has 0 spiro atoms. The second kappa shape index (κ2) is 9.14. The van der Waals surface area contributed by atoms with E-state index < -0.39 is 41.4 Å².